The molecule has 5 nitrogen and oxygen atoms in total. The molecule has 0 heterocycles. The van der Waals surface area contributed by atoms with Crippen molar-refractivity contribution in [2.24, 2.45) is 0 Å². The Bertz CT molecular complexity index is 1070. The highest BCUT2D eigenvalue weighted by Gasteiger charge is 2.18. The Morgan fingerprint density at radius 3 is 1.90 bits per heavy atom. The van der Waals surface area contributed by atoms with Crippen molar-refractivity contribution < 1.29 is 14.4 Å². The first-order valence-corrected chi connectivity index (χ1v) is 9.84. The molecule has 0 radical (unpaired) electrons. The number of benzene rings is 3. The van der Waals surface area contributed by atoms with Crippen molar-refractivity contribution >= 4 is 34.9 Å². The molecule has 0 fully saturated rings. The predicted molar refractivity (Wildman–Crippen MR) is 118 cm³/mol. The molecule has 0 spiro atoms. The summed E-state index contributed by atoms with van der Waals surface area (Å²) in [6.45, 7) is 3.77. The zero-order chi connectivity index (χ0) is 21.7. The third-order valence-electron chi connectivity index (χ3n) is 4.35. The van der Waals surface area contributed by atoms with E-state index in [0.717, 1.165) is 0 Å². The average molecular weight is 421 g/mol. The molecule has 0 bridgehead atoms. The van der Waals surface area contributed by atoms with Gasteiger partial charge in [0, 0.05) is 33.4 Å². The van der Waals surface area contributed by atoms with Crippen LogP contribution in [0.4, 0.5) is 5.69 Å². The average Bonchev–Trinajstić information content (AvgIpc) is 2.74. The highest BCUT2D eigenvalue weighted by molar-refractivity contribution is 6.30. The number of carbonyl (C=O) groups excluding carboxylic acids is 3. The molecule has 0 aliphatic rings. The highest BCUT2D eigenvalue weighted by atomic mass is 35.5. The van der Waals surface area contributed by atoms with Crippen LogP contribution < -0.4 is 10.6 Å². The van der Waals surface area contributed by atoms with Gasteiger partial charge in [0.05, 0.1) is 5.56 Å². The SMILES string of the molecule is CC(C)NC(=O)c1ccc(NC(=O)c2ccccc2C(=O)c2ccc(Cl)cc2)cc1. The van der Waals surface area contributed by atoms with E-state index in [-0.39, 0.29) is 23.3 Å². The maximum Gasteiger partial charge on any atom is 0.256 e. The first-order valence-electron chi connectivity index (χ1n) is 9.46. The van der Waals surface area contributed by atoms with Crippen LogP contribution in [0.25, 0.3) is 0 Å². The van der Waals surface area contributed by atoms with Crippen molar-refractivity contribution in [2.45, 2.75) is 19.9 Å². The summed E-state index contributed by atoms with van der Waals surface area (Å²) in [6, 6.07) is 19.8. The monoisotopic (exact) mass is 420 g/mol. The molecule has 0 saturated carbocycles. The number of rotatable bonds is 6. The van der Waals surface area contributed by atoms with E-state index in [4.69, 9.17) is 11.6 Å². The lowest BCUT2D eigenvalue weighted by atomic mass is 9.98. The van der Waals surface area contributed by atoms with E-state index < -0.39 is 5.91 Å². The number of hydrogen-bond donors (Lipinski definition) is 2. The molecule has 152 valence electrons. The summed E-state index contributed by atoms with van der Waals surface area (Å²) >= 11 is 5.89. The number of nitrogens with one attached hydrogen (secondary N) is 2. The maximum absolute atomic E-state index is 12.9. The molecule has 0 aromatic heterocycles. The fourth-order valence-corrected chi connectivity index (χ4v) is 3.01. The molecule has 0 aliphatic heterocycles. The standard InChI is InChI=1S/C24H21ClN2O3/c1-15(2)26-23(29)17-9-13-19(14-10-17)27-24(30)21-6-4-3-5-20(21)22(28)16-7-11-18(25)12-8-16/h3-15H,1-2H3,(H,26,29)(H,27,30). The molecule has 0 aliphatic carbocycles. The van der Waals surface area contributed by atoms with E-state index in [1.807, 2.05) is 13.8 Å². The van der Waals surface area contributed by atoms with Crippen LogP contribution in [-0.2, 0) is 0 Å². The predicted octanol–water partition coefficient (Wildman–Crippen LogP) is 4.96. The van der Waals surface area contributed by atoms with Crippen LogP contribution in [-0.4, -0.2) is 23.6 Å². The van der Waals surface area contributed by atoms with Crippen molar-refractivity contribution in [1.82, 2.24) is 5.32 Å². The van der Waals surface area contributed by atoms with Crippen molar-refractivity contribution in [3.05, 3.63) is 100 Å². The molecule has 30 heavy (non-hydrogen) atoms. The molecule has 2 N–H and O–H groups in total. The van der Waals surface area contributed by atoms with Gasteiger partial charge in [-0.15, -0.1) is 0 Å². The third kappa shape index (κ3) is 5.13. The summed E-state index contributed by atoms with van der Waals surface area (Å²) in [6.07, 6.45) is 0. The van der Waals surface area contributed by atoms with E-state index in [1.165, 1.54) is 0 Å². The molecule has 2 amide bonds. The number of amides is 2. The van der Waals surface area contributed by atoms with E-state index in [9.17, 15) is 14.4 Å². The number of anilines is 1. The summed E-state index contributed by atoms with van der Waals surface area (Å²) in [7, 11) is 0. The van der Waals surface area contributed by atoms with E-state index >= 15 is 0 Å². The summed E-state index contributed by atoms with van der Waals surface area (Å²) in [5, 5.41) is 6.12. The Balaban J connectivity index is 1.79. The number of hydrogen-bond acceptors (Lipinski definition) is 3. The minimum absolute atomic E-state index is 0.0339. The van der Waals surface area contributed by atoms with Gasteiger partial charge in [-0.25, -0.2) is 0 Å². The van der Waals surface area contributed by atoms with Crippen LogP contribution in [0.5, 0.6) is 0 Å². The van der Waals surface area contributed by atoms with Gasteiger partial charge in [-0.1, -0.05) is 29.8 Å². The maximum atomic E-state index is 12.9. The molecule has 0 atom stereocenters. The number of carbonyl (C=O) groups is 3. The lowest BCUT2D eigenvalue weighted by molar-refractivity contribution is 0.0942. The summed E-state index contributed by atoms with van der Waals surface area (Å²) < 4.78 is 0. The van der Waals surface area contributed by atoms with E-state index in [0.29, 0.717) is 27.4 Å². The van der Waals surface area contributed by atoms with Gasteiger partial charge < -0.3 is 10.6 Å². The van der Waals surface area contributed by atoms with Gasteiger partial charge >= 0.3 is 0 Å². The minimum atomic E-state index is -0.410. The Morgan fingerprint density at radius 1 is 0.733 bits per heavy atom. The smallest absolute Gasteiger partial charge is 0.256 e. The molecule has 0 saturated heterocycles. The second-order valence-corrected chi connectivity index (χ2v) is 7.48. The molecule has 6 heteroatoms. The molecular weight excluding hydrogens is 400 g/mol. The Morgan fingerprint density at radius 2 is 1.30 bits per heavy atom. The van der Waals surface area contributed by atoms with Gasteiger partial charge in [-0.05, 0) is 68.4 Å². The molecule has 0 unspecified atom stereocenters. The van der Waals surface area contributed by atoms with Crippen LogP contribution >= 0.6 is 11.6 Å². The normalized spacial score (nSPS) is 10.5. The van der Waals surface area contributed by atoms with Crippen molar-refractivity contribution in [1.29, 1.82) is 0 Å². The van der Waals surface area contributed by atoms with Crippen molar-refractivity contribution in [3.63, 3.8) is 0 Å². The van der Waals surface area contributed by atoms with Gasteiger partial charge in [-0.3, -0.25) is 14.4 Å². The third-order valence-corrected chi connectivity index (χ3v) is 4.60. The van der Waals surface area contributed by atoms with E-state index in [2.05, 4.69) is 10.6 Å². The summed E-state index contributed by atoms with van der Waals surface area (Å²) in [4.78, 5) is 37.7. The second-order valence-electron chi connectivity index (χ2n) is 7.04. The second kappa shape index (κ2) is 9.37. The first-order chi connectivity index (χ1) is 14.3. The van der Waals surface area contributed by atoms with Gasteiger partial charge in [-0.2, -0.15) is 0 Å². The van der Waals surface area contributed by atoms with Crippen LogP contribution in [0.15, 0.2) is 72.8 Å². The van der Waals surface area contributed by atoms with Crippen molar-refractivity contribution in [3.8, 4) is 0 Å². The van der Waals surface area contributed by atoms with Crippen LogP contribution in [0.3, 0.4) is 0 Å². The molecule has 3 aromatic carbocycles. The Hall–Kier alpha value is -3.44. The zero-order valence-electron chi connectivity index (χ0n) is 16.6. The van der Waals surface area contributed by atoms with Crippen molar-refractivity contribution in [2.75, 3.05) is 5.32 Å². The quantitative estimate of drug-likeness (QED) is 0.553. The largest absolute Gasteiger partial charge is 0.350 e. The minimum Gasteiger partial charge on any atom is -0.350 e. The first kappa shape index (κ1) is 21.3. The summed E-state index contributed by atoms with van der Waals surface area (Å²) in [5.74, 6) is -0.854. The Kier molecular flexibility index (Phi) is 6.65. The lowest BCUT2D eigenvalue weighted by Gasteiger charge is -2.11. The van der Waals surface area contributed by atoms with E-state index in [1.54, 1.807) is 72.8 Å². The van der Waals surface area contributed by atoms with Gasteiger partial charge in [0.15, 0.2) is 5.78 Å². The van der Waals surface area contributed by atoms with Gasteiger partial charge in [0.1, 0.15) is 0 Å². The number of halogens is 1. The fourth-order valence-electron chi connectivity index (χ4n) is 2.88. The highest BCUT2D eigenvalue weighted by Crippen LogP contribution is 2.19. The molecule has 3 rings (SSSR count). The fraction of sp³-hybridized carbons (Fsp3) is 0.125. The zero-order valence-corrected chi connectivity index (χ0v) is 17.4. The summed E-state index contributed by atoms with van der Waals surface area (Å²) in [5.41, 5.74) is 2.03. The van der Waals surface area contributed by atoms with Gasteiger partial charge in [0.2, 0.25) is 0 Å². The van der Waals surface area contributed by atoms with Crippen LogP contribution in [0, 0.1) is 0 Å². The molecular formula is C24H21ClN2O3. The lowest BCUT2D eigenvalue weighted by Crippen LogP contribution is -2.30. The van der Waals surface area contributed by atoms with Gasteiger partial charge in [0.25, 0.3) is 11.8 Å². The van der Waals surface area contributed by atoms with Crippen LogP contribution in [0.1, 0.15) is 50.5 Å². The Labute approximate surface area is 180 Å². The van der Waals surface area contributed by atoms with Crippen LogP contribution in [0.2, 0.25) is 5.02 Å². The number of ketones is 1. The topological polar surface area (TPSA) is 75.3 Å². The molecule has 3 aromatic rings.